The predicted molar refractivity (Wildman–Crippen MR) is 28.7 cm³/mol. The number of allylic oxidation sites excluding steroid dienone is 2. The van der Waals surface area contributed by atoms with Crippen molar-refractivity contribution in [3.63, 3.8) is 0 Å². The van der Waals surface area contributed by atoms with Crippen molar-refractivity contribution < 1.29 is 4.39 Å². The molecule has 0 saturated heterocycles. The van der Waals surface area contributed by atoms with Crippen LogP contribution in [0.1, 0.15) is 20.3 Å². The molecule has 1 heteroatoms. The van der Waals surface area contributed by atoms with Crippen molar-refractivity contribution in [1.29, 1.82) is 0 Å². The molecular formula is C6H10F. The highest BCUT2D eigenvalue weighted by molar-refractivity contribution is 4.89. The van der Waals surface area contributed by atoms with E-state index in [2.05, 4.69) is 6.08 Å². The van der Waals surface area contributed by atoms with Gasteiger partial charge < -0.3 is 0 Å². The normalized spacial score (nSPS) is 12.1. The van der Waals surface area contributed by atoms with Gasteiger partial charge in [-0.25, -0.2) is 0 Å². The molecular weight excluding hydrogens is 91.1 g/mol. The molecule has 0 heterocycles. The summed E-state index contributed by atoms with van der Waals surface area (Å²) >= 11 is 0. The van der Waals surface area contributed by atoms with Crippen LogP contribution in [-0.4, -0.2) is 6.67 Å². The van der Waals surface area contributed by atoms with Crippen LogP contribution in [-0.2, 0) is 0 Å². The van der Waals surface area contributed by atoms with Gasteiger partial charge in [-0.1, -0.05) is 5.57 Å². The molecule has 1 radical (unpaired) electrons. The summed E-state index contributed by atoms with van der Waals surface area (Å²) in [6.07, 6.45) is 3.38. The molecule has 0 amide bonds. The molecule has 0 spiro atoms. The summed E-state index contributed by atoms with van der Waals surface area (Å²) in [5, 5.41) is 0. The van der Waals surface area contributed by atoms with Crippen molar-refractivity contribution in [3.8, 4) is 0 Å². The third-order valence-electron chi connectivity index (χ3n) is 0.896. The van der Waals surface area contributed by atoms with Crippen LogP contribution >= 0.6 is 0 Å². The second-order valence-electron chi connectivity index (χ2n) is 1.47. The van der Waals surface area contributed by atoms with E-state index in [-0.39, 0.29) is 6.67 Å². The zero-order valence-electron chi connectivity index (χ0n) is 4.79. The summed E-state index contributed by atoms with van der Waals surface area (Å²) in [5.41, 5.74) is 1.00. The molecule has 7 heavy (non-hydrogen) atoms. The van der Waals surface area contributed by atoms with Crippen molar-refractivity contribution in [2.45, 2.75) is 20.3 Å². The lowest BCUT2D eigenvalue weighted by Crippen LogP contribution is -1.76. The van der Waals surface area contributed by atoms with E-state index in [1.807, 2.05) is 6.92 Å². The molecule has 0 aromatic rings. The standard InChI is InChI=1S/C6H10F/c1-3-6(2)4-5-7/h4-5H2,1-2H3. The van der Waals surface area contributed by atoms with Crippen LogP contribution < -0.4 is 0 Å². The first-order valence-electron chi connectivity index (χ1n) is 2.37. The largest absolute Gasteiger partial charge is 0.251 e. The molecule has 0 bridgehead atoms. The second kappa shape index (κ2) is 3.85. The monoisotopic (exact) mass is 101 g/mol. The van der Waals surface area contributed by atoms with Gasteiger partial charge in [-0.05, 0) is 26.3 Å². The van der Waals surface area contributed by atoms with Crippen molar-refractivity contribution in [1.82, 2.24) is 0 Å². The Morgan fingerprint density at radius 1 is 1.71 bits per heavy atom. The SMILES string of the molecule is C[C]=C(C)CCF. The topological polar surface area (TPSA) is 0 Å². The zero-order chi connectivity index (χ0) is 5.70. The highest BCUT2D eigenvalue weighted by Crippen LogP contribution is 1.96. The molecule has 0 aromatic heterocycles. The summed E-state index contributed by atoms with van der Waals surface area (Å²) in [6, 6.07) is 0. The van der Waals surface area contributed by atoms with Crippen molar-refractivity contribution >= 4 is 0 Å². The van der Waals surface area contributed by atoms with Crippen LogP contribution in [0, 0.1) is 6.08 Å². The third-order valence-corrected chi connectivity index (χ3v) is 0.896. The fourth-order valence-electron chi connectivity index (χ4n) is 0.267. The predicted octanol–water partition coefficient (Wildman–Crippen LogP) is 2.12. The van der Waals surface area contributed by atoms with E-state index >= 15 is 0 Å². The minimum absolute atomic E-state index is 0.257. The van der Waals surface area contributed by atoms with E-state index in [0.29, 0.717) is 6.42 Å². The van der Waals surface area contributed by atoms with Gasteiger partial charge in [-0.2, -0.15) is 0 Å². The number of hydrogen-bond donors (Lipinski definition) is 0. The maximum atomic E-state index is 11.4. The Kier molecular flexibility index (Phi) is 3.67. The highest BCUT2D eigenvalue weighted by Gasteiger charge is 1.82. The van der Waals surface area contributed by atoms with Crippen LogP contribution in [0.4, 0.5) is 4.39 Å². The van der Waals surface area contributed by atoms with Crippen LogP contribution in [0.15, 0.2) is 5.57 Å². The van der Waals surface area contributed by atoms with E-state index < -0.39 is 0 Å². The molecule has 0 saturated carbocycles. The minimum Gasteiger partial charge on any atom is -0.251 e. The molecule has 0 aromatic carbocycles. The molecule has 0 N–H and O–H groups in total. The van der Waals surface area contributed by atoms with Gasteiger partial charge in [0.2, 0.25) is 0 Å². The first kappa shape index (κ1) is 6.67. The molecule has 0 nitrogen and oxygen atoms in total. The molecule has 0 rings (SSSR count). The van der Waals surface area contributed by atoms with E-state index in [1.165, 1.54) is 0 Å². The highest BCUT2D eigenvalue weighted by atomic mass is 19.1. The fraction of sp³-hybridized carbons (Fsp3) is 0.667. The van der Waals surface area contributed by atoms with E-state index in [4.69, 9.17) is 0 Å². The van der Waals surface area contributed by atoms with E-state index in [9.17, 15) is 4.39 Å². The molecule has 0 aliphatic rings. The van der Waals surface area contributed by atoms with Gasteiger partial charge in [0.15, 0.2) is 0 Å². The van der Waals surface area contributed by atoms with E-state index in [0.717, 1.165) is 5.57 Å². The number of hydrogen-bond acceptors (Lipinski definition) is 0. The Morgan fingerprint density at radius 2 is 2.29 bits per heavy atom. The second-order valence-corrected chi connectivity index (χ2v) is 1.47. The fourth-order valence-corrected chi connectivity index (χ4v) is 0.267. The van der Waals surface area contributed by atoms with Gasteiger partial charge in [-0.15, -0.1) is 0 Å². The lowest BCUT2D eigenvalue weighted by molar-refractivity contribution is 0.493. The van der Waals surface area contributed by atoms with E-state index in [1.54, 1.807) is 6.92 Å². The number of alkyl halides is 1. The summed E-state index contributed by atoms with van der Waals surface area (Å²) < 4.78 is 11.4. The molecule has 0 aliphatic heterocycles. The Balaban J connectivity index is 3.17. The van der Waals surface area contributed by atoms with Gasteiger partial charge >= 0.3 is 0 Å². The molecule has 0 fully saturated rings. The van der Waals surface area contributed by atoms with Crippen molar-refractivity contribution in [3.05, 3.63) is 11.6 Å². The average molecular weight is 101 g/mol. The maximum Gasteiger partial charge on any atom is 0.0931 e. The number of halogens is 1. The molecule has 0 atom stereocenters. The van der Waals surface area contributed by atoms with Gasteiger partial charge in [0.05, 0.1) is 6.67 Å². The first-order chi connectivity index (χ1) is 3.31. The lowest BCUT2D eigenvalue weighted by Gasteiger charge is -1.88. The summed E-state index contributed by atoms with van der Waals surface area (Å²) in [6.45, 7) is 3.41. The maximum absolute atomic E-state index is 11.4. The summed E-state index contributed by atoms with van der Waals surface area (Å²) in [7, 11) is 0. The van der Waals surface area contributed by atoms with Crippen LogP contribution in [0.25, 0.3) is 0 Å². The molecule has 0 aliphatic carbocycles. The summed E-state index contributed by atoms with van der Waals surface area (Å²) in [4.78, 5) is 0. The van der Waals surface area contributed by atoms with Crippen molar-refractivity contribution in [2.75, 3.05) is 6.67 Å². The summed E-state index contributed by atoms with van der Waals surface area (Å²) in [5.74, 6) is 0. The van der Waals surface area contributed by atoms with Crippen molar-refractivity contribution in [2.24, 2.45) is 0 Å². The Hall–Kier alpha value is -0.330. The minimum atomic E-state index is -0.257. The smallest absolute Gasteiger partial charge is 0.0931 e. The quantitative estimate of drug-likeness (QED) is 0.499. The lowest BCUT2D eigenvalue weighted by atomic mass is 10.2. The third kappa shape index (κ3) is 3.50. The van der Waals surface area contributed by atoms with Crippen LogP contribution in [0.2, 0.25) is 0 Å². The molecule has 41 valence electrons. The first-order valence-corrected chi connectivity index (χ1v) is 2.37. The van der Waals surface area contributed by atoms with Crippen LogP contribution in [0.3, 0.4) is 0 Å². The Morgan fingerprint density at radius 3 is 2.43 bits per heavy atom. The van der Waals surface area contributed by atoms with Gasteiger partial charge in [0, 0.05) is 0 Å². The van der Waals surface area contributed by atoms with Crippen LogP contribution in [0.5, 0.6) is 0 Å². The Bertz CT molecular complexity index is 64.6. The van der Waals surface area contributed by atoms with Gasteiger partial charge in [0.1, 0.15) is 0 Å². The van der Waals surface area contributed by atoms with Gasteiger partial charge in [-0.3, -0.25) is 4.39 Å². The molecule has 0 unspecified atom stereocenters. The Labute approximate surface area is 44.0 Å². The van der Waals surface area contributed by atoms with Gasteiger partial charge in [0.25, 0.3) is 0 Å². The zero-order valence-corrected chi connectivity index (χ0v) is 4.79. The average Bonchev–Trinajstić information content (AvgIpc) is 1.68. The number of rotatable bonds is 2.